The number of hydrogen-bond donors (Lipinski definition) is 1. The fourth-order valence-electron chi connectivity index (χ4n) is 4.24. The number of imidazole rings is 1. The fraction of sp³-hybridized carbons (Fsp3) is 0.409. The Hall–Kier alpha value is -3.13. The van der Waals surface area contributed by atoms with Gasteiger partial charge in [-0.05, 0) is 45.1 Å². The van der Waals surface area contributed by atoms with Gasteiger partial charge in [-0.25, -0.2) is 15.0 Å². The number of fused-ring (bicyclic) bond motifs is 2. The predicted molar refractivity (Wildman–Crippen MR) is 112 cm³/mol. The molecular weight excluding hydrogens is 380 g/mol. The Morgan fingerprint density at radius 2 is 1.67 bits per heavy atom. The Balaban J connectivity index is 1.47. The van der Waals surface area contributed by atoms with Crippen molar-refractivity contribution in [2.75, 3.05) is 20.1 Å². The van der Waals surface area contributed by atoms with E-state index >= 15 is 0 Å². The molecule has 2 aliphatic heterocycles. The Kier molecular flexibility index (Phi) is 4.39. The van der Waals surface area contributed by atoms with Crippen LogP contribution in [0.3, 0.4) is 0 Å². The number of amides is 2. The Morgan fingerprint density at radius 3 is 2.30 bits per heavy atom. The van der Waals surface area contributed by atoms with Crippen molar-refractivity contribution in [1.29, 1.82) is 0 Å². The van der Waals surface area contributed by atoms with Crippen molar-refractivity contribution in [3.05, 3.63) is 41.5 Å². The highest BCUT2D eigenvalue weighted by Crippen LogP contribution is 2.32. The highest BCUT2D eigenvalue weighted by Gasteiger charge is 2.41. The summed E-state index contributed by atoms with van der Waals surface area (Å²) in [6.07, 6.45) is 5.11. The summed E-state index contributed by atoms with van der Waals surface area (Å²) in [7, 11) is 2.06. The molecule has 0 bridgehead atoms. The molecule has 0 saturated carbocycles. The molecule has 0 unspecified atom stereocenters. The molecule has 1 fully saturated rings. The van der Waals surface area contributed by atoms with Gasteiger partial charge in [0.1, 0.15) is 11.6 Å². The van der Waals surface area contributed by atoms with Gasteiger partial charge in [0.05, 0.1) is 27.7 Å². The third kappa shape index (κ3) is 2.99. The minimum atomic E-state index is -0.208. The number of carbonyl (C=O) groups is 2. The quantitative estimate of drug-likeness (QED) is 0.675. The second-order valence-corrected chi connectivity index (χ2v) is 8.50. The summed E-state index contributed by atoms with van der Waals surface area (Å²) in [6.45, 7) is 5.87. The van der Waals surface area contributed by atoms with Crippen molar-refractivity contribution >= 4 is 22.8 Å². The second kappa shape index (κ2) is 6.98. The maximum Gasteiger partial charge on any atom is 0.261 e. The molecule has 30 heavy (non-hydrogen) atoms. The first-order valence-corrected chi connectivity index (χ1v) is 10.3. The molecule has 8 heteroatoms. The van der Waals surface area contributed by atoms with E-state index in [4.69, 9.17) is 0 Å². The van der Waals surface area contributed by atoms with Gasteiger partial charge in [-0.1, -0.05) is 13.8 Å². The van der Waals surface area contributed by atoms with Crippen molar-refractivity contribution in [3.63, 3.8) is 0 Å². The van der Waals surface area contributed by atoms with Crippen molar-refractivity contribution < 1.29 is 9.59 Å². The van der Waals surface area contributed by atoms with Crippen LogP contribution in [-0.4, -0.2) is 67.7 Å². The number of aromatic nitrogens is 4. The van der Waals surface area contributed by atoms with Crippen LogP contribution in [-0.2, 0) is 0 Å². The van der Waals surface area contributed by atoms with Crippen molar-refractivity contribution in [3.8, 4) is 11.4 Å². The fourth-order valence-corrected chi connectivity index (χ4v) is 4.24. The summed E-state index contributed by atoms with van der Waals surface area (Å²) in [6, 6.07) is 3.44. The smallest absolute Gasteiger partial charge is 0.261 e. The number of carbonyl (C=O) groups excluding carboxylic acids is 2. The minimum absolute atomic E-state index is 0.0351. The SMILES string of the molecule is CC(C)c1ncc(-c2nc3cc4c(cc3[nH]2)C(=O)N(C2CCN(C)CC2)C4=O)cn1. The number of H-pyrrole nitrogens is 1. The summed E-state index contributed by atoms with van der Waals surface area (Å²) in [4.78, 5) is 46.4. The lowest BCUT2D eigenvalue weighted by Gasteiger charge is -2.33. The molecule has 0 spiro atoms. The number of nitrogens with one attached hydrogen (secondary N) is 1. The molecule has 5 rings (SSSR count). The van der Waals surface area contributed by atoms with Crippen LogP contribution in [0.1, 0.15) is 59.1 Å². The number of benzene rings is 1. The average Bonchev–Trinajstić information content (AvgIpc) is 3.26. The monoisotopic (exact) mass is 404 g/mol. The molecule has 4 heterocycles. The molecule has 2 aliphatic rings. The zero-order valence-corrected chi connectivity index (χ0v) is 17.3. The zero-order chi connectivity index (χ0) is 21.0. The van der Waals surface area contributed by atoms with Crippen molar-refractivity contribution in [1.82, 2.24) is 29.7 Å². The third-order valence-electron chi connectivity index (χ3n) is 6.03. The largest absolute Gasteiger partial charge is 0.338 e. The normalized spacial score (nSPS) is 18.1. The van der Waals surface area contributed by atoms with Crippen molar-refractivity contribution in [2.45, 2.75) is 38.6 Å². The Bertz CT molecular complexity index is 1090. The van der Waals surface area contributed by atoms with E-state index in [1.165, 1.54) is 4.90 Å². The van der Waals surface area contributed by atoms with Gasteiger partial charge in [-0.2, -0.15) is 0 Å². The molecule has 3 aromatic rings. The number of nitrogens with zero attached hydrogens (tertiary/aromatic N) is 5. The molecule has 0 aliphatic carbocycles. The number of hydrogen-bond acceptors (Lipinski definition) is 6. The lowest BCUT2D eigenvalue weighted by Crippen LogP contribution is -2.46. The predicted octanol–water partition coefficient (Wildman–Crippen LogP) is 2.83. The summed E-state index contributed by atoms with van der Waals surface area (Å²) < 4.78 is 0. The molecule has 154 valence electrons. The van der Waals surface area contributed by atoms with Gasteiger partial charge in [0.15, 0.2) is 0 Å². The average molecular weight is 404 g/mol. The zero-order valence-electron chi connectivity index (χ0n) is 17.3. The maximum absolute atomic E-state index is 13.0. The number of aromatic amines is 1. The number of rotatable bonds is 3. The summed E-state index contributed by atoms with van der Waals surface area (Å²) in [5.74, 6) is 1.24. The lowest BCUT2D eigenvalue weighted by molar-refractivity contribution is 0.0516. The highest BCUT2D eigenvalue weighted by molar-refractivity contribution is 6.23. The van der Waals surface area contributed by atoms with E-state index in [1.54, 1.807) is 24.5 Å². The molecule has 2 amide bonds. The maximum atomic E-state index is 13.0. The van der Waals surface area contributed by atoms with Gasteiger partial charge in [-0.15, -0.1) is 0 Å². The number of piperidine rings is 1. The number of imide groups is 1. The topological polar surface area (TPSA) is 95.1 Å². The van der Waals surface area contributed by atoms with E-state index < -0.39 is 0 Å². The van der Waals surface area contributed by atoms with Crippen molar-refractivity contribution in [2.24, 2.45) is 0 Å². The van der Waals surface area contributed by atoms with E-state index in [9.17, 15) is 9.59 Å². The first-order chi connectivity index (χ1) is 14.4. The molecule has 1 saturated heterocycles. The molecule has 1 N–H and O–H groups in total. The third-order valence-corrected chi connectivity index (χ3v) is 6.03. The second-order valence-electron chi connectivity index (χ2n) is 8.50. The van der Waals surface area contributed by atoms with Crippen LogP contribution in [0, 0.1) is 0 Å². The van der Waals surface area contributed by atoms with E-state index in [0.717, 1.165) is 42.8 Å². The first-order valence-electron chi connectivity index (χ1n) is 10.3. The van der Waals surface area contributed by atoms with Crippen LogP contribution in [0.2, 0.25) is 0 Å². The van der Waals surface area contributed by atoms with Gasteiger partial charge < -0.3 is 9.88 Å². The summed E-state index contributed by atoms with van der Waals surface area (Å²) in [5.41, 5.74) is 3.04. The van der Waals surface area contributed by atoms with Gasteiger partial charge in [0.2, 0.25) is 0 Å². The molecule has 0 atom stereocenters. The molecule has 0 radical (unpaired) electrons. The standard InChI is InChI=1S/C22H24N6O2/c1-12(2)19-23-10-13(11-24-19)20-25-17-8-15-16(9-18(17)26-20)22(30)28(21(15)29)14-4-6-27(3)7-5-14/h8-12,14H,4-7H2,1-3H3,(H,25,26). The van der Waals surface area contributed by atoms with Crippen LogP contribution in [0.4, 0.5) is 0 Å². The van der Waals surface area contributed by atoms with Crippen LogP contribution in [0.25, 0.3) is 22.4 Å². The van der Waals surface area contributed by atoms with Crippen LogP contribution < -0.4 is 0 Å². The van der Waals surface area contributed by atoms with E-state index in [1.807, 2.05) is 13.8 Å². The van der Waals surface area contributed by atoms with Gasteiger partial charge >= 0.3 is 0 Å². The Labute approximate surface area is 174 Å². The molecule has 2 aromatic heterocycles. The minimum Gasteiger partial charge on any atom is -0.338 e. The van der Waals surface area contributed by atoms with E-state index in [2.05, 4.69) is 31.9 Å². The van der Waals surface area contributed by atoms with E-state index in [0.29, 0.717) is 22.5 Å². The van der Waals surface area contributed by atoms with Gasteiger partial charge in [0, 0.05) is 24.4 Å². The lowest BCUT2D eigenvalue weighted by atomic mass is 10.0. The Morgan fingerprint density at radius 1 is 1.03 bits per heavy atom. The van der Waals surface area contributed by atoms with Gasteiger partial charge in [-0.3, -0.25) is 14.5 Å². The highest BCUT2D eigenvalue weighted by atomic mass is 16.2. The molecule has 8 nitrogen and oxygen atoms in total. The summed E-state index contributed by atoms with van der Waals surface area (Å²) >= 11 is 0. The van der Waals surface area contributed by atoms with Gasteiger partial charge in [0.25, 0.3) is 11.8 Å². The van der Waals surface area contributed by atoms with Crippen LogP contribution in [0.5, 0.6) is 0 Å². The van der Waals surface area contributed by atoms with Crippen LogP contribution >= 0.6 is 0 Å². The summed E-state index contributed by atoms with van der Waals surface area (Å²) in [5, 5.41) is 0. The molecular formula is C22H24N6O2. The first kappa shape index (κ1) is 18.9. The van der Waals surface area contributed by atoms with Crippen LogP contribution in [0.15, 0.2) is 24.5 Å². The van der Waals surface area contributed by atoms with E-state index in [-0.39, 0.29) is 23.8 Å². The number of likely N-dealkylation sites (tertiary alicyclic amines) is 1. The molecule has 1 aromatic carbocycles.